The number of carbonyl (C=O) groups is 1. The van der Waals surface area contributed by atoms with Gasteiger partial charge in [-0.25, -0.2) is 5.06 Å². The first-order chi connectivity index (χ1) is 9.19. The predicted octanol–water partition coefficient (Wildman–Crippen LogP) is 4.24. The van der Waals surface area contributed by atoms with Gasteiger partial charge in [0.05, 0.1) is 13.2 Å². The molecule has 0 radical (unpaired) electrons. The summed E-state index contributed by atoms with van der Waals surface area (Å²) in [6.07, 6.45) is 11.7. The van der Waals surface area contributed by atoms with Gasteiger partial charge in [0.2, 0.25) is 5.91 Å². The van der Waals surface area contributed by atoms with Crippen LogP contribution in [0.5, 0.6) is 0 Å². The number of allylic oxidation sites excluding steroid dienone is 1. The Bertz CT molecular complexity index is 299. The molecule has 0 N–H and O–H groups in total. The number of nitrogens with zero attached hydrogens (tertiary/aromatic N) is 1. The van der Waals surface area contributed by atoms with Crippen LogP contribution >= 0.6 is 0 Å². The zero-order valence-corrected chi connectivity index (χ0v) is 12.8. The lowest BCUT2D eigenvalue weighted by Crippen LogP contribution is -2.39. The Kier molecular flexibility index (Phi) is 7.80. The van der Waals surface area contributed by atoms with Crippen LogP contribution < -0.4 is 0 Å². The lowest BCUT2D eigenvalue weighted by Gasteiger charge is -2.30. The van der Waals surface area contributed by atoms with E-state index in [2.05, 4.69) is 19.9 Å². The fourth-order valence-electron chi connectivity index (χ4n) is 2.72. The minimum absolute atomic E-state index is 0.152. The molecule has 3 heteroatoms. The van der Waals surface area contributed by atoms with Gasteiger partial charge in [0, 0.05) is 6.42 Å². The molecule has 1 aliphatic rings. The summed E-state index contributed by atoms with van der Waals surface area (Å²) >= 11 is 0. The number of rotatable bonds is 5. The first-order valence-electron chi connectivity index (χ1n) is 7.70. The van der Waals surface area contributed by atoms with Crippen molar-refractivity contribution < 1.29 is 9.63 Å². The topological polar surface area (TPSA) is 29.5 Å². The molecule has 1 unspecified atom stereocenters. The molecule has 0 fully saturated rings. The molecule has 1 rings (SSSR count). The fourth-order valence-corrected chi connectivity index (χ4v) is 2.72. The van der Waals surface area contributed by atoms with Crippen molar-refractivity contribution in [1.29, 1.82) is 0 Å². The Morgan fingerprint density at radius 3 is 2.84 bits per heavy atom. The van der Waals surface area contributed by atoms with E-state index in [1.807, 2.05) is 0 Å². The number of hydrogen-bond acceptors (Lipinski definition) is 2. The first-order valence-corrected chi connectivity index (χ1v) is 7.70. The molecule has 110 valence electrons. The maximum atomic E-state index is 12.2. The summed E-state index contributed by atoms with van der Waals surface area (Å²) in [4.78, 5) is 17.6. The predicted molar refractivity (Wildman–Crippen MR) is 78.6 cm³/mol. The molecule has 1 heterocycles. The van der Waals surface area contributed by atoms with Crippen molar-refractivity contribution in [3.63, 3.8) is 0 Å². The molecule has 3 nitrogen and oxygen atoms in total. The molecule has 0 saturated heterocycles. The van der Waals surface area contributed by atoms with E-state index in [4.69, 9.17) is 4.84 Å². The molecule has 0 aromatic carbocycles. The van der Waals surface area contributed by atoms with Gasteiger partial charge in [-0.2, -0.15) is 0 Å². The molecule has 19 heavy (non-hydrogen) atoms. The number of hydrogen-bond donors (Lipinski definition) is 0. The van der Waals surface area contributed by atoms with Crippen LogP contribution in [0, 0.1) is 0 Å². The average Bonchev–Trinajstić information content (AvgIpc) is 2.38. The summed E-state index contributed by atoms with van der Waals surface area (Å²) in [5.74, 6) is 0.152. The molecular weight excluding hydrogens is 238 g/mol. The molecule has 0 bridgehead atoms. The molecular formula is C16H29NO2. The van der Waals surface area contributed by atoms with Crippen LogP contribution in [0.1, 0.15) is 71.6 Å². The van der Waals surface area contributed by atoms with Crippen LogP contribution in [0.4, 0.5) is 0 Å². The highest BCUT2D eigenvalue weighted by molar-refractivity contribution is 5.75. The fraction of sp³-hybridized carbons (Fsp3) is 0.812. The quantitative estimate of drug-likeness (QED) is 0.551. The standard InChI is InChI=1S/C16H29NO2/c1-4-5-7-11-15-13-14(2)10-8-6-9-12-16(18)17(15)19-3/h10,15H,4-9,11-13H2,1-3H3/b14-10-. The summed E-state index contributed by atoms with van der Waals surface area (Å²) in [7, 11) is 1.62. The Hall–Kier alpha value is -0.830. The number of unbranched alkanes of at least 4 members (excludes halogenated alkanes) is 2. The van der Waals surface area contributed by atoms with Gasteiger partial charge < -0.3 is 0 Å². The Labute approximate surface area is 118 Å². The molecule has 1 amide bonds. The third-order valence-electron chi connectivity index (χ3n) is 3.81. The summed E-state index contributed by atoms with van der Waals surface area (Å²) in [6.45, 7) is 4.38. The molecule has 0 aromatic rings. The van der Waals surface area contributed by atoms with E-state index in [1.54, 1.807) is 12.2 Å². The van der Waals surface area contributed by atoms with Gasteiger partial charge in [-0.3, -0.25) is 9.63 Å². The van der Waals surface area contributed by atoms with E-state index in [0.29, 0.717) is 6.42 Å². The van der Waals surface area contributed by atoms with Crippen molar-refractivity contribution in [1.82, 2.24) is 5.06 Å². The highest BCUT2D eigenvalue weighted by Crippen LogP contribution is 2.21. The first kappa shape index (κ1) is 16.2. The molecule has 1 aliphatic heterocycles. The second-order valence-corrected chi connectivity index (χ2v) is 5.55. The monoisotopic (exact) mass is 267 g/mol. The summed E-state index contributed by atoms with van der Waals surface area (Å²) < 4.78 is 0. The van der Waals surface area contributed by atoms with Crippen LogP contribution in [-0.4, -0.2) is 24.1 Å². The Balaban J connectivity index is 2.73. The highest BCUT2D eigenvalue weighted by atomic mass is 16.7. The number of carbonyl (C=O) groups excluding carboxylic acids is 1. The maximum Gasteiger partial charge on any atom is 0.246 e. The molecule has 0 aromatic heterocycles. The lowest BCUT2D eigenvalue weighted by molar-refractivity contribution is -0.189. The second-order valence-electron chi connectivity index (χ2n) is 5.55. The normalized spacial score (nSPS) is 25.0. The zero-order valence-electron chi connectivity index (χ0n) is 12.8. The minimum atomic E-state index is 0.152. The molecule has 0 aliphatic carbocycles. The van der Waals surface area contributed by atoms with Crippen LogP contribution in [0.3, 0.4) is 0 Å². The van der Waals surface area contributed by atoms with Crippen molar-refractivity contribution in [2.24, 2.45) is 0 Å². The smallest absolute Gasteiger partial charge is 0.246 e. The zero-order chi connectivity index (χ0) is 14.1. The van der Waals surface area contributed by atoms with Gasteiger partial charge in [-0.15, -0.1) is 0 Å². The van der Waals surface area contributed by atoms with Gasteiger partial charge in [-0.1, -0.05) is 37.8 Å². The maximum absolute atomic E-state index is 12.2. The SMILES string of the molecule is CCCCCC1C/C(C)=C\CCCCC(=O)N1OC. The second kappa shape index (κ2) is 9.13. The van der Waals surface area contributed by atoms with Gasteiger partial charge in [-0.05, 0) is 39.0 Å². The lowest BCUT2D eigenvalue weighted by atomic mass is 9.98. The van der Waals surface area contributed by atoms with Gasteiger partial charge in [0.15, 0.2) is 0 Å². The van der Waals surface area contributed by atoms with E-state index in [9.17, 15) is 4.79 Å². The van der Waals surface area contributed by atoms with E-state index < -0.39 is 0 Å². The van der Waals surface area contributed by atoms with Crippen molar-refractivity contribution >= 4 is 5.91 Å². The van der Waals surface area contributed by atoms with Crippen molar-refractivity contribution in [2.75, 3.05) is 7.11 Å². The van der Waals surface area contributed by atoms with E-state index in [1.165, 1.54) is 24.8 Å². The van der Waals surface area contributed by atoms with Gasteiger partial charge in [0.1, 0.15) is 0 Å². The van der Waals surface area contributed by atoms with Crippen molar-refractivity contribution in [3.05, 3.63) is 11.6 Å². The minimum Gasteiger partial charge on any atom is -0.274 e. The Morgan fingerprint density at radius 1 is 1.37 bits per heavy atom. The van der Waals surface area contributed by atoms with Crippen LogP contribution in [-0.2, 0) is 9.63 Å². The van der Waals surface area contributed by atoms with Gasteiger partial charge in [0.25, 0.3) is 0 Å². The van der Waals surface area contributed by atoms with E-state index >= 15 is 0 Å². The van der Waals surface area contributed by atoms with E-state index in [-0.39, 0.29) is 11.9 Å². The molecule has 1 atom stereocenters. The number of amides is 1. The summed E-state index contributed by atoms with van der Waals surface area (Å²) in [6, 6.07) is 0.207. The Morgan fingerprint density at radius 2 is 2.16 bits per heavy atom. The van der Waals surface area contributed by atoms with Crippen LogP contribution in [0.15, 0.2) is 11.6 Å². The van der Waals surface area contributed by atoms with Crippen molar-refractivity contribution in [3.8, 4) is 0 Å². The van der Waals surface area contributed by atoms with Crippen LogP contribution in [0.2, 0.25) is 0 Å². The summed E-state index contributed by atoms with van der Waals surface area (Å²) in [5, 5.41) is 1.64. The highest BCUT2D eigenvalue weighted by Gasteiger charge is 2.24. The molecule has 0 saturated carbocycles. The number of hydroxylamine groups is 2. The third-order valence-corrected chi connectivity index (χ3v) is 3.81. The summed E-state index contributed by atoms with van der Waals surface area (Å²) in [5.41, 5.74) is 1.39. The van der Waals surface area contributed by atoms with E-state index in [0.717, 1.165) is 32.1 Å². The van der Waals surface area contributed by atoms with Crippen LogP contribution in [0.25, 0.3) is 0 Å². The average molecular weight is 267 g/mol. The van der Waals surface area contributed by atoms with Crippen molar-refractivity contribution in [2.45, 2.75) is 77.7 Å². The largest absolute Gasteiger partial charge is 0.274 e. The molecule has 0 spiro atoms. The third kappa shape index (κ3) is 5.77. The van der Waals surface area contributed by atoms with Gasteiger partial charge >= 0.3 is 0 Å².